The number of hydrogen-bond acceptors (Lipinski definition) is 1. The first-order valence-corrected chi connectivity index (χ1v) is 7.36. The van der Waals surface area contributed by atoms with E-state index in [2.05, 4.69) is 31.9 Å². The second-order valence-corrected chi connectivity index (χ2v) is 5.45. The molecule has 2 rings (SSSR count). The Bertz CT molecular complexity index is 575. The van der Waals surface area contributed by atoms with Gasteiger partial charge in [0.1, 0.15) is 17.3 Å². The van der Waals surface area contributed by atoms with Crippen molar-refractivity contribution in [1.82, 2.24) is 0 Å². The van der Waals surface area contributed by atoms with Crippen molar-refractivity contribution in [2.24, 2.45) is 0 Å². The molecular weight excluding hydrogens is 386 g/mol. The zero-order chi connectivity index (χ0) is 13.1. The minimum atomic E-state index is -0.494. The number of benzene rings is 2. The van der Waals surface area contributed by atoms with Gasteiger partial charge in [-0.2, -0.15) is 0 Å². The third-order valence-corrected chi connectivity index (χ3v) is 3.69. The molecule has 0 saturated carbocycles. The fourth-order valence-electron chi connectivity index (χ4n) is 1.42. The fourth-order valence-corrected chi connectivity index (χ4v) is 2.38. The Labute approximate surface area is 126 Å². The molecule has 0 aromatic heterocycles. The molecule has 0 bridgehead atoms. The maximum atomic E-state index is 13.3. The first-order valence-electron chi connectivity index (χ1n) is 5.07. The molecule has 0 aliphatic carbocycles. The van der Waals surface area contributed by atoms with Crippen LogP contribution in [0.15, 0.2) is 40.9 Å². The van der Waals surface area contributed by atoms with Gasteiger partial charge in [-0.25, -0.2) is 4.39 Å². The number of rotatable bonds is 3. The maximum absolute atomic E-state index is 13.3. The lowest BCUT2D eigenvalue weighted by Gasteiger charge is -2.10. The van der Waals surface area contributed by atoms with Gasteiger partial charge in [0.15, 0.2) is 0 Å². The molecule has 0 fully saturated rings. The van der Waals surface area contributed by atoms with E-state index in [1.54, 1.807) is 6.07 Å². The van der Waals surface area contributed by atoms with Crippen LogP contribution in [0.3, 0.4) is 0 Å². The molecule has 0 heterocycles. The first kappa shape index (κ1) is 13.8. The summed E-state index contributed by atoms with van der Waals surface area (Å²) in [5, 5.41) is 0.733. The van der Waals surface area contributed by atoms with Crippen molar-refractivity contribution in [2.75, 3.05) is 0 Å². The molecule has 0 aliphatic heterocycles. The number of hydrogen-bond donors (Lipinski definition) is 0. The van der Waals surface area contributed by atoms with Gasteiger partial charge in [0, 0.05) is 21.4 Å². The minimum Gasteiger partial charge on any atom is -0.457 e. The third kappa shape index (κ3) is 3.25. The van der Waals surface area contributed by atoms with Crippen LogP contribution in [0, 0.1) is 5.82 Å². The van der Waals surface area contributed by atoms with Crippen molar-refractivity contribution in [1.29, 1.82) is 0 Å². The van der Waals surface area contributed by atoms with E-state index in [9.17, 15) is 4.39 Å². The van der Waals surface area contributed by atoms with Crippen molar-refractivity contribution in [3.8, 4) is 11.5 Å². The lowest BCUT2D eigenvalue weighted by molar-refractivity contribution is 0.473. The van der Waals surface area contributed by atoms with Crippen molar-refractivity contribution in [3.63, 3.8) is 0 Å². The largest absolute Gasteiger partial charge is 0.457 e. The summed E-state index contributed by atoms with van der Waals surface area (Å²) < 4.78 is 19.9. The van der Waals surface area contributed by atoms with Gasteiger partial charge in [-0.05, 0) is 30.3 Å². The maximum Gasteiger partial charge on any atom is 0.145 e. The van der Waals surface area contributed by atoms with Gasteiger partial charge >= 0.3 is 0 Å². The highest BCUT2D eigenvalue weighted by atomic mass is 79.9. The normalized spacial score (nSPS) is 10.4. The molecule has 0 amide bonds. The molecule has 94 valence electrons. The second-order valence-electron chi connectivity index (χ2n) is 3.56. The lowest BCUT2D eigenvalue weighted by atomic mass is 10.2. The van der Waals surface area contributed by atoms with Gasteiger partial charge in [0.2, 0.25) is 0 Å². The van der Waals surface area contributed by atoms with Gasteiger partial charge < -0.3 is 4.74 Å². The number of ether oxygens (including phenoxy) is 1. The Balaban J connectivity index is 2.30. The lowest BCUT2D eigenvalue weighted by Crippen LogP contribution is -1.90. The summed E-state index contributed by atoms with van der Waals surface area (Å²) >= 11 is 12.4. The highest BCUT2D eigenvalue weighted by Gasteiger charge is 2.07. The summed E-state index contributed by atoms with van der Waals surface area (Å²) in [5.41, 5.74) is 0.972. The highest BCUT2D eigenvalue weighted by molar-refractivity contribution is 9.10. The molecule has 0 unspecified atom stereocenters. The fraction of sp³-hybridized carbons (Fsp3) is 0.0769. The Morgan fingerprint density at radius 3 is 2.61 bits per heavy atom. The quantitative estimate of drug-likeness (QED) is 0.587. The molecule has 0 saturated heterocycles. The van der Waals surface area contributed by atoms with E-state index in [-0.39, 0.29) is 5.02 Å². The van der Waals surface area contributed by atoms with Gasteiger partial charge in [-0.15, -0.1) is 0 Å². The van der Waals surface area contributed by atoms with E-state index < -0.39 is 5.82 Å². The zero-order valence-corrected chi connectivity index (χ0v) is 13.0. The molecule has 18 heavy (non-hydrogen) atoms. The summed E-state index contributed by atoms with van der Waals surface area (Å²) in [6.07, 6.45) is 0. The molecule has 2 aromatic carbocycles. The van der Waals surface area contributed by atoms with Crippen LogP contribution in [-0.4, -0.2) is 0 Å². The van der Waals surface area contributed by atoms with Gasteiger partial charge in [0.05, 0.1) is 5.02 Å². The average Bonchev–Trinajstić information content (AvgIpc) is 2.36. The van der Waals surface area contributed by atoms with Crippen LogP contribution >= 0.6 is 43.5 Å². The predicted molar refractivity (Wildman–Crippen MR) is 78.3 cm³/mol. The summed E-state index contributed by atoms with van der Waals surface area (Å²) in [4.78, 5) is 0. The van der Waals surface area contributed by atoms with Crippen LogP contribution in [0.25, 0.3) is 0 Å². The van der Waals surface area contributed by atoms with Crippen LogP contribution in [0.1, 0.15) is 5.56 Å². The van der Waals surface area contributed by atoms with E-state index in [0.717, 1.165) is 10.0 Å². The molecule has 2 aromatic rings. The van der Waals surface area contributed by atoms with E-state index in [1.807, 2.05) is 18.2 Å². The summed E-state index contributed by atoms with van der Waals surface area (Å²) in [7, 11) is 0. The van der Waals surface area contributed by atoms with Crippen LogP contribution in [0.5, 0.6) is 11.5 Å². The third-order valence-electron chi connectivity index (χ3n) is 2.29. The number of halogens is 4. The molecule has 0 N–H and O–H groups in total. The first-order chi connectivity index (χ1) is 8.60. The van der Waals surface area contributed by atoms with Crippen LogP contribution < -0.4 is 4.74 Å². The monoisotopic (exact) mass is 392 g/mol. The van der Waals surface area contributed by atoms with Crippen LogP contribution in [-0.2, 0) is 5.33 Å². The van der Waals surface area contributed by atoms with Crippen molar-refractivity contribution in [2.45, 2.75) is 5.33 Å². The molecule has 0 atom stereocenters. The second kappa shape index (κ2) is 6.04. The standard InChI is InChI=1S/C13H8Br2ClFO/c14-7-8-5-9(15)1-4-13(8)18-10-2-3-11(16)12(17)6-10/h1-6H,7H2. The summed E-state index contributed by atoms with van der Waals surface area (Å²) in [5.74, 6) is 0.602. The van der Waals surface area contributed by atoms with Crippen molar-refractivity contribution < 1.29 is 9.13 Å². The van der Waals surface area contributed by atoms with E-state index in [1.165, 1.54) is 12.1 Å². The molecule has 0 aliphatic rings. The number of alkyl halides is 1. The van der Waals surface area contributed by atoms with Gasteiger partial charge in [-0.1, -0.05) is 43.5 Å². The van der Waals surface area contributed by atoms with E-state index in [0.29, 0.717) is 16.8 Å². The minimum absolute atomic E-state index is 0.0823. The summed E-state index contributed by atoms with van der Waals surface area (Å²) in [6, 6.07) is 10.0. The Hall–Kier alpha value is -0.580. The summed E-state index contributed by atoms with van der Waals surface area (Å²) in [6.45, 7) is 0. The molecular formula is C13H8Br2ClFO. The molecule has 1 nitrogen and oxygen atoms in total. The van der Waals surface area contributed by atoms with Crippen molar-refractivity contribution >= 4 is 43.5 Å². The van der Waals surface area contributed by atoms with Crippen molar-refractivity contribution in [3.05, 3.63) is 57.3 Å². The van der Waals surface area contributed by atoms with Crippen LogP contribution in [0.4, 0.5) is 4.39 Å². The topological polar surface area (TPSA) is 9.23 Å². The predicted octanol–water partition coefficient (Wildman–Crippen LogP) is 5.93. The van der Waals surface area contributed by atoms with Gasteiger partial charge in [0.25, 0.3) is 0 Å². The average molecular weight is 394 g/mol. The SMILES string of the molecule is Fc1cc(Oc2ccc(Br)cc2CBr)ccc1Cl. The Kier molecular flexibility index (Phi) is 4.65. The smallest absolute Gasteiger partial charge is 0.145 e. The Morgan fingerprint density at radius 2 is 1.94 bits per heavy atom. The van der Waals surface area contributed by atoms with E-state index >= 15 is 0 Å². The molecule has 5 heteroatoms. The van der Waals surface area contributed by atoms with Gasteiger partial charge in [-0.3, -0.25) is 0 Å². The van der Waals surface area contributed by atoms with Crippen LogP contribution in [0.2, 0.25) is 5.02 Å². The highest BCUT2D eigenvalue weighted by Crippen LogP contribution is 2.30. The Morgan fingerprint density at radius 1 is 1.17 bits per heavy atom. The molecule has 0 radical (unpaired) electrons. The zero-order valence-electron chi connectivity index (χ0n) is 9.09. The van der Waals surface area contributed by atoms with E-state index in [4.69, 9.17) is 16.3 Å². The molecule has 0 spiro atoms.